The van der Waals surface area contributed by atoms with E-state index in [4.69, 9.17) is 4.74 Å². The summed E-state index contributed by atoms with van der Waals surface area (Å²) in [5.74, 6) is 0.855. The van der Waals surface area contributed by atoms with Crippen LogP contribution in [-0.4, -0.2) is 22.8 Å². The van der Waals surface area contributed by atoms with E-state index in [0.29, 0.717) is 17.9 Å². The van der Waals surface area contributed by atoms with Crippen molar-refractivity contribution in [3.05, 3.63) is 99.8 Å². The predicted molar refractivity (Wildman–Crippen MR) is 143 cm³/mol. The number of aryl methyl sites for hydroxylation is 1. The molecule has 7 heteroatoms. The van der Waals surface area contributed by atoms with Crippen LogP contribution in [0.1, 0.15) is 36.5 Å². The summed E-state index contributed by atoms with van der Waals surface area (Å²) in [7, 11) is 0. The number of nitrogens with zero attached hydrogens (tertiary/aromatic N) is 3. The zero-order valence-corrected chi connectivity index (χ0v) is 20.3. The first-order chi connectivity index (χ1) is 17.6. The lowest BCUT2D eigenvalue weighted by Gasteiger charge is -2.11. The Labute approximate surface area is 210 Å². The van der Waals surface area contributed by atoms with E-state index in [0.717, 1.165) is 35.3 Å². The summed E-state index contributed by atoms with van der Waals surface area (Å²) in [6, 6.07) is 25.4. The average Bonchev–Trinajstić information content (AvgIpc) is 2.90. The monoisotopic (exact) mass is 477 g/mol. The van der Waals surface area contributed by atoms with Crippen molar-refractivity contribution in [2.75, 3.05) is 12.0 Å². The molecule has 0 fully saturated rings. The summed E-state index contributed by atoms with van der Waals surface area (Å²) < 4.78 is 5.99. The number of hydrogen-bond acceptors (Lipinski definition) is 6. The quantitative estimate of drug-likeness (QED) is 0.177. The molecule has 4 rings (SSSR count). The molecule has 1 aromatic heterocycles. The van der Waals surface area contributed by atoms with Gasteiger partial charge in [0.2, 0.25) is 5.95 Å². The lowest BCUT2D eigenvalue weighted by atomic mass is 10.0. The maximum absolute atomic E-state index is 12.5. The Kier molecular flexibility index (Phi) is 7.89. The summed E-state index contributed by atoms with van der Waals surface area (Å²) in [4.78, 5) is 19.5. The van der Waals surface area contributed by atoms with Crippen LogP contribution < -0.4 is 15.7 Å². The number of nitrogens with one attached hydrogen (secondary N) is 2. The Morgan fingerprint density at radius 3 is 2.53 bits per heavy atom. The van der Waals surface area contributed by atoms with Gasteiger partial charge in [0.15, 0.2) is 0 Å². The topological polar surface area (TPSA) is 103 Å². The molecule has 0 radical (unpaired) electrons. The Hall–Kier alpha value is -4.70. The van der Waals surface area contributed by atoms with Crippen LogP contribution in [0.5, 0.6) is 5.75 Å². The zero-order chi connectivity index (χ0) is 25.3. The maximum Gasteiger partial charge on any atom is 0.270 e. The van der Waals surface area contributed by atoms with Crippen molar-refractivity contribution in [1.29, 1.82) is 5.26 Å². The van der Waals surface area contributed by atoms with E-state index in [1.165, 1.54) is 5.56 Å². The number of ether oxygens (including phenoxy) is 1. The van der Waals surface area contributed by atoms with Crippen molar-refractivity contribution >= 4 is 12.2 Å². The molecule has 0 saturated carbocycles. The molecule has 7 nitrogen and oxygen atoms in total. The lowest BCUT2D eigenvalue weighted by molar-refractivity contribution is 0.309. The summed E-state index contributed by atoms with van der Waals surface area (Å²) in [6.07, 6.45) is 3.63. The van der Waals surface area contributed by atoms with E-state index in [1.807, 2.05) is 42.5 Å². The van der Waals surface area contributed by atoms with Gasteiger partial charge in [0.05, 0.1) is 18.5 Å². The number of anilines is 1. The molecule has 0 aliphatic carbocycles. The van der Waals surface area contributed by atoms with E-state index in [1.54, 1.807) is 18.3 Å². The third-order valence-electron chi connectivity index (χ3n) is 5.60. The number of aromatic nitrogens is 2. The van der Waals surface area contributed by atoms with Crippen LogP contribution in [-0.2, 0) is 0 Å². The van der Waals surface area contributed by atoms with Gasteiger partial charge in [-0.2, -0.15) is 10.4 Å². The van der Waals surface area contributed by atoms with Gasteiger partial charge in [0.25, 0.3) is 5.56 Å². The fourth-order valence-corrected chi connectivity index (χ4v) is 3.63. The van der Waals surface area contributed by atoms with Crippen LogP contribution in [0.15, 0.2) is 82.7 Å². The molecule has 0 amide bonds. The minimum Gasteiger partial charge on any atom is -0.493 e. The molecule has 36 heavy (non-hydrogen) atoms. The number of hydrogen-bond donors (Lipinski definition) is 2. The molecule has 2 N–H and O–H groups in total. The molecule has 0 atom stereocenters. The fraction of sp³-hybridized carbons (Fsp3) is 0.172. The van der Waals surface area contributed by atoms with Gasteiger partial charge in [-0.25, -0.2) is 10.4 Å². The standard InChI is InChI=1S/C29H27N5O2/c1-3-4-16-36-26-15-14-23(21-12-10-20(2)11-13-21)17-24(26)19-31-34-29-32-27(22-8-6-5-7-9-22)25(18-30)28(35)33-29/h5-15,17,19H,3-4,16H2,1-2H3,(H2,32,33,34,35). The highest BCUT2D eigenvalue weighted by Gasteiger charge is 2.13. The second kappa shape index (κ2) is 11.6. The first-order valence-electron chi connectivity index (χ1n) is 11.8. The smallest absolute Gasteiger partial charge is 0.270 e. The molecule has 3 aromatic carbocycles. The summed E-state index contributed by atoms with van der Waals surface area (Å²) >= 11 is 0. The number of benzene rings is 3. The van der Waals surface area contributed by atoms with Crippen LogP contribution in [0, 0.1) is 18.3 Å². The van der Waals surface area contributed by atoms with E-state index >= 15 is 0 Å². The molecule has 0 bridgehead atoms. The molecule has 1 heterocycles. The zero-order valence-electron chi connectivity index (χ0n) is 20.3. The van der Waals surface area contributed by atoms with Crippen molar-refractivity contribution in [1.82, 2.24) is 9.97 Å². The molecule has 0 saturated heterocycles. The second-order valence-corrected chi connectivity index (χ2v) is 8.31. The van der Waals surface area contributed by atoms with Gasteiger partial charge in [-0.15, -0.1) is 0 Å². The molecule has 0 spiro atoms. The van der Waals surface area contributed by atoms with Crippen LogP contribution >= 0.6 is 0 Å². The Morgan fingerprint density at radius 1 is 1.06 bits per heavy atom. The van der Waals surface area contributed by atoms with Crippen molar-refractivity contribution < 1.29 is 4.74 Å². The van der Waals surface area contributed by atoms with Crippen molar-refractivity contribution in [2.45, 2.75) is 26.7 Å². The Morgan fingerprint density at radius 2 is 1.81 bits per heavy atom. The first kappa shape index (κ1) is 24.4. The van der Waals surface area contributed by atoms with E-state index in [-0.39, 0.29) is 11.5 Å². The molecule has 180 valence electrons. The van der Waals surface area contributed by atoms with Crippen molar-refractivity contribution in [2.24, 2.45) is 5.10 Å². The molecule has 0 aliphatic heterocycles. The van der Waals surface area contributed by atoms with E-state index in [2.05, 4.69) is 58.6 Å². The Balaban J connectivity index is 1.64. The van der Waals surface area contributed by atoms with Gasteiger partial charge in [0.1, 0.15) is 17.4 Å². The highest BCUT2D eigenvalue weighted by molar-refractivity contribution is 5.86. The average molecular weight is 478 g/mol. The number of H-pyrrole nitrogens is 1. The SMILES string of the molecule is CCCCOc1ccc(-c2ccc(C)cc2)cc1C=NNc1nc(-c2ccccc2)c(C#N)c(=O)[nH]1. The number of hydrazone groups is 1. The third-order valence-corrected chi connectivity index (χ3v) is 5.60. The molecular weight excluding hydrogens is 450 g/mol. The van der Waals surface area contributed by atoms with Gasteiger partial charge >= 0.3 is 0 Å². The molecular formula is C29H27N5O2. The lowest BCUT2D eigenvalue weighted by Crippen LogP contribution is -2.16. The largest absolute Gasteiger partial charge is 0.493 e. The third kappa shape index (κ3) is 5.86. The normalized spacial score (nSPS) is 10.8. The van der Waals surface area contributed by atoms with Crippen LogP contribution in [0.3, 0.4) is 0 Å². The highest BCUT2D eigenvalue weighted by atomic mass is 16.5. The minimum absolute atomic E-state index is 0.0480. The van der Waals surface area contributed by atoms with Crippen LogP contribution in [0.2, 0.25) is 0 Å². The molecule has 0 aliphatic rings. The first-order valence-corrected chi connectivity index (χ1v) is 11.8. The van der Waals surface area contributed by atoms with Gasteiger partial charge in [-0.1, -0.05) is 79.6 Å². The van der Waals surface area contributed by atoms with E-state index in [9.17, 15) is 10.1 Å². The number of unbranched alkanes of at least 4 members (excludes halogenated alkanes) is 1. The fourth-order valence-electron chi connectivity index (χ4n) is 3.63. The molecule has 0 unspecified atom stereocenters. The number of nitriles is 1. The van der Waals surface area contributed by atoms with E-state index < -0.39 is 5.56 Å². The van der Waals surface area contributed by atoms with Crippen molar-refractivity contribution in [3.63, 3.8) is 0 Å². The second-order valence-electron chi connectivity index (χ2n) is 8.31. The van der Waals surface area contributed by atoms with Gasteiger partial charge < -0.3 is 4.74 Å². The predicted octanol–water partition coefficient (Wildman–Crippen LogP) is 5.91. The number of aromatic amines is 1. The Bertz CT molecular complexity index is 1450. The minimum atomic E-state index is -0.533. The van der Waals surface area contributed by atoms with Crippen molar-refractivity contribution in [3.8, 4) is 34.2 Å². The van der Waals surface area contributed by atoms with Gasteiger partial charge in [-0.3, -0.25) is 9.78 Å². The van der Waals surface area contributed by atoms with Crippen LogP contribution in [0.25, 0.3) is 22.4 Å². The maximum atomic E-state index is 12.5. The van der Waals surface area contributed by atoms with Gasteiger partial charge in [0, 0.05) is 11.1 Å². The number of rotatable bonds is 9. The van der Waals surface area contributed by atoms with Crippen LogP contribution in [0.4, 0.5) is 5.95 Å². The molecule has 4 aromatic rings. The summed E-state index contributed by atoms with van der Waals surface area (Å²) in [5.41, 5.74) is 7.29. The highest BCUT2D eigenvalue weighted by Crippen LogP contribution is 2.27. The summed E-state index contributed by atoms with van der Waals surface area (Å²) in [5, 5.41) is 13.8. The van der Waals surface area contributed by atoms with Gasteiger partial charge in [-0.05, 0) is 36.6 Å². The summed E-state index contributed by atoms with van der Waals surface area (Å²) in [6.45, 7) is 4.79.